The molecule has 1 aliphatic heterocycles. The van der Waals surface area contributed by atoms with E-state index in [4.69, 9.17) is 9.40 Å². The standard InChI is InChI=1S/C20H18N4O3S/c1-12-4-5-15-14(9-12)17-18(19(26)23-6-8-28-20(23)22-17)24(15)11-16(25)21-10-13-3-2-7-27-13/h2-5,7,9H,6,8,10-11H2,1H3,(H,21,25). The number of carbonyl (C=O) groups is 1. The highest BCUT2D eigenvalue weighted by atomic mass is 32.2. The molecule has 0 spiro atoms. The van der Waals surface area contributed by atoms with Gasteiger partial charge < -0.3 is 14.3 Å². The average Bonchev–Trinajstić information content (AvgIpc) is 3.41. The lowest BCUT2D eigenvalue weighted by Crippen LogP contribution is -2.29. The number of hydrogen-bond donors (Lipinski definition) is 1. The Morgan fingerprint density at radius 3 is 3.07 bits per heavy atom. The van der Waals surface area contributed by atoms with Gasteiger partial charge in [-0.2, -0.15) is 0 Å². The first kappa shape index (κ1) is 17.1. The van der Waals surface area contributed by atoms with Crippen LogP contribution in [0, 0.1) is 6.92 Å². The van der Waals surface area contributed by atoms with E-state index < -0.39 is 0 Å². The molecule has 3 aromatic heterocycles. The van der Waals surface area contributed by atoms with Crippen LogP contribution in [0.4, 0.5) is 0 Å². The molecule has 0 saturated carbocycles. The van der Waals surface area contributed by atoms with Crippen LogP contribution in [0.1, 0.15) is 11.3 Å². The Bertz CT molecular complexity index is 1270. The van der Waals surface area contributed by atoms with Crippen molar-refractivity contribution in [1.82, 2.24) is 19.4 Å². The molecule has 4 heterocycles. The Labute approximate surface area is 164 Å². The van der Waals surface area contributed by atoms with Gasteiger partial charge in [0.2, 0.25) is 5.91 Å². The highest BCUT2D eigenvalue weighted by molar-refractivity contribution is 7.99. The summed E-state index contributed by atoms with van der Waals surface area (Å²) in [6.07, 6.45) is 1.57. The van der Waals surface area contributed by atoms with E-state index in [2.05, 4.69) is 5.32 Å². The molecule has 1 aliphatic rings. The van der Waals surface area contributed by atoms with Crippen LogP contribution in [0.5, 0.6) is 0 Å². The summed E-state index contributed by atoms with van der Waals surface area (Å²) in [6, 6.07) is 9.55. The summed E-state index contributed by atoms with van der Waals surface area (Å²) in [5.41, 5.74) is 3.00. The summed E-state index contributed by atoms with van der Waals surface area (Å²) in [4.78, 5) is 30.5. The van der Waals surface area contributed by atoms with Gasteiger partial charge in [-0.25, -0.2) is 4.98 Å². The van der Waals surface area contributed by atoms with Crippen LogP contribution in [0.25, 0.3) is 21.9 Å². The second kappa shape index (κ2) is 6.56. The molecule has 28 heavy (non-hydrogen) atoms. The number of hydrogen-bond acceptors (Lipinski definition) is 5. The molecule has 0 saturated heterocycles. The number of nitrogens with one attached hydrogen (secondary N) is 1. The Kier molecular flexibility index (Phi) is 4.01. The largest absolute Gasteiger partial charge is 0.467 e. The third-order valence-corrected chi connectivity index (χ3v) is 5.92. The lowest BCUT2D eigenvalue weighted by Gasteiger charge is -2.08. The van der Waals surface area contributed by atoms with E-state index >= 15 is 0 Å². The van der Waals surface area contributed by atoms with Crippen molar-refractivity contribution in [3.8, 4) is 0 Å². The zero-order valence-corrected chi connectivity index (χ0v) is 16.1. The van der Waals surface area contributed by atoms with Crippen molar-refractivity contribution < 1.29 is 9.21 Å². The van der Waals surface area contributed by atoms with Gasteiger partial charge in [0.15, 0.2) is 5.16 Å². The van der Waals surface area contributed by atoms with Crippen LogP contribution in [-0.4, -0.2) is 25.8 Å². The fourth-order valence-electron chi connectivity index (χ4n) is 3.65. The first-order valence-electron chi connectivity index (χ1n) is 9.07. The Hall–Kier alpha value is -3.00. The first-order valence-corrected chi connectivity index (χ1v) is 10.1. The number of fused-ring (bicyclic) bond motifs is 4. The van der Waals surface area contributed by atoms with Gasteiger partial charge in [-0.15, -0.1) is 0 Å². The van der Waals surface area contributed by atoms with Crippen LogP contribution in [0.3, 0.4) is 0 Å². The first-order chi connectivity index (χ1) is 13.6. The van der Waals surface area contributed by atoms with E-state index in [0.29, 0.717) is 29.9 Å². The maximum atomic E-state index is 13.2. The third kappa shape index (κ3) is 2.72. The molecule has 1 N–H and O–H groups in total. The van der Waals surface area contributed by atoms with Crippen molar-refractivity contribution in [3.63, 3.8) is 0 Å². The molecule has 0 aliphatic carbocycles. The molecule has 5 rings (SSSR count). The summed E-state index contributed by atoms with van der Waals surface area (Å²) in [5, 5.41) is 4.50. The highest BCUT2D eigenvalue weighted by Gasteiger charge is 2.23. The van der Waals surface area contributed by atoms with E-state index in [1.807, 2.05) is 25.1 Å². The molecular formula is C20H18N4O3S. The highest BCUT2D eigenvalue weighted by Crippen LogP contribution is 2.30. The number of benzene rings is 1. The zero-order valence-electron chi connectivity index (χ0n) is 15.3. The normalized spacial score (nSPS) is 13.3. The van der Waals surface area contributed by atoms with Crippen molar-refractivity contribution in [2.24, 2.45) is 0 Å². The van der Waals surface area contributed by atoms with E-state index in [9.17, 15) is 9.59 Å². The number of amides is 1. The lowest BCUT2D eigenvalue weighted by molar-refractivity contribution is -0.121. The van der Waals surface area contributed by atoms with Gasteiger partial charge in [0.05, 0.1) is 18.3 Å². The van der Waals surface area contributed by atoms with Crippen LogP contribution in [0.2, 0.25) is 0 Å². The maximum absolute atomic E-state index is 13.2. The molecular weight excluding hydrogens is 376 g/mol. The van der Waals surface area contributed by atoms with Gasteiger partial charge >= 0.3 is 0 Å². The van der Waals surface area contributed by atoms with Gasteiger partial charge in [0.1, 0.15) is 23.3 Å². The minimum Gasteiger partial charge on any atom is -0.467 e. The Balaban J connectivity index is 1.62. The van der Waals surface area contributed by atoms with Gasteiger partial charge in [0, 0.05) is 17.7 Å². The predicted octanol–water partition coefficient (Wildman–Crippen LogP) is 2.67. The number of thioether (sulfide) groups is 1. The molecule has 0 bridgehead atoms. The van der Waals surface area contributed by atoms with Crippen LogP contribution in [-0.2, 0) is 24.4 Å². The molecule has 142 valence electrons. The minimum atomic E-state index is -0.185. The van der Waals surface area contributed by atoms with Gasteiger partial charge in [-0.1, -0.05) is 23.4 Å². The summed E-state index contributed by atoms with van der Waals surface area (Å²) < 4.78 is 8.74. The fraction of sp³-hybridized carbons (Fsp3) is 0.250. The van der Waals surface area contributed by atoms with Crippen molar-refractivity contribution in [2.75, 3.05) is 5.75 Å². The predicted molar refractivity (Wildman–Crippen MR) is 108 cm³/mol. The van der Waals surface area contributed by atoms with Crippen molar-refractivity contribution in [3.05, 3.63) is 58.3 Å². The minimum absolute atomic E-state index is 0.0488. The zero-order chi connectivity index (χ0) is 19.3. The SMILES string of the molecule is Cc1ccc2c(c1)c1nc3n(c(=O)c1n2CC(=O)NCc1ccco1)CCS3. The van der Waals surface area contributed by atoms with E-state index in [1.165, 1.54) is 0 Å². The molecule has 0 unspecified atom stereocenters. The smallest absolute Gasteiger partial charge is 0.278 e. The van der Waals surface area contributed by atoms with Crippen LogP contribution >= 0.6 is 11.8 Å². The molecule has 4 aromatic rings. The lowest BCUT2D eigenvalue weighted by atomic mass is 10.1. The Morgan fingerprint density at radius 1 is 1.36 bits per heavy atom. The van der Waals surface area contributed by atoms with E-state index in [1.54, 1.807) is 39.3 Å². The third-order valence-electron chi connectivity index (χ3n) is 4.97. The number of carbonyl (C=O) groups excluding carboxylic acids is 1. The fourth-order valence-corrected chi connectivity index (χ4v) is 4.59. The van der Waals surface area contributed by atoms with Gasteiger partial charge in [-0.05, 0) is 31.2 Å². The Morgan fingerprint density at radius 2 is 2.25 bits per heavy atom. The van der Waals surface area contributed by atoms with E-state index in [0.717, 1.165) is 27.4 Å². The van der Waals surface area contributed by atoms with Crippen molar-refractivity contribution in [1.29, 1.82) is 0 Å². The summed E-state index contributed by atoms with van der Waals surface area (Å²) in [6.45, 7) is 3.01. The number of nitrogens with zero attached hydrogens (tertiary/aromatic N) is 3. The number of furan rings is 1. The molecule has 8 heteroatoms. The monoisotopic (exact) mass is 394 g/mol. The van der Waals surface area contributed by atoms with Crippen LogP contribution in [0.15, 0.2) is 51.0 Å². The van der Waals surface area contributed by atoms with Gasteiger partial charge in [-0.3, -0.25) is 14.2 Å². The second-order valence-corrected chi connectivity index (χ2v) is 7.92. The molecule has 0 atom stereocenters. The summed E-state index contributed by atoms with van der Waals surface area (Å²) >= 11 is 1.59. The van der Waals surface area contributed by atoms with Crippen molar-refractivity contribution >= 4 is 39.6 Å². The maximum Gasteiger partial charge on any atom is 0.278 e. The summed E-state index contributed by atoms with van der Waals surface area (Å²) in [7, 11) is 0. The molecule has 1 amide bonds. The second-order valence-electron chi connectivity index (χ2n) is 6.86. The molecule has 7 nitrogen and oxygen atoms in total. The molecule has 0 fully saturated rings. The molecule has 0 radical (unpaired) electrons. The summed E-state index contributed by atoms with van der Waals surface area (Å²) in [5.74, 6) is 1.34. The number of rotatable bonds is 4. The van der Waals surface area contributed by atoms with Crippen molar-refractivity contribution in [2.45, 2.75) is 31.7 Å². The topological polar surface area (TPSA) is 82.1 Å². The number of aryl methyl sites for hydroxylation is 1. The van der Waals surface area contributed by atoms with Crippen LogP contribution < -0.4 is 10.9 Å². The average molecular weight is 394 g/mol. The van der Waals surface area contributed by atoms with E-state index in [-0.39, 0.29) is 18.0 Å². The molecule has 1 aromatic carbocycles. The quantitative estimate of drug-likeness (QED) is 0.538. The number of aromatic nitrogens is 3. The van der Waals surface area contributed by atoms with Gasteiger partial charge in [0.25, 0.3) is 5.56 Å².